The van der Waals surface area contributed by atoms with Crippen LogP contribution in [0.1, 0.15) is 25.2 Å². The Labute approximate surface area is 128 Å². The van der Waals surface area contributed by atoms with E-state index in [4.69, 9.17) is 4.98 Å². The molecule has 0 saturated heterocycles. The first-order valence-electron chi connectivity index (χ1n) is 6.92. The van der Waals surface area contributed by atoms with Gasteiger partial charge in [-0.3, -0.25) is 4.90 Å². The topological polar surface area (TPSA) is 21.1 Å². The van der Waals surface area contributed by atoms with E-state index < -0.39 is 0 Å². The van der Waals surface area contributed by atoms with Gasteiger partial charge in [-0.15, -0.1) is 0 Å². The van der Waals surface area contributed by atoms with E-state index in [2.05, 4.69) is 77.5 Å². The number of halogens is 1. The van der Waals surface area contributed by atoms with Crippen LogP contribution in [0.2, 0.25) is 0 Å². The molecule has 0 spiro atoms. The SMILES string of the molecule is Cc1cccc(-c2nc3n(c2Br)C(C)(C)CN(C)C3)c1. The second-order valence-electron chi connectivity index (χ2n) is 6.36. The van der Waals surface area contributed by atoms with Crippen molar-refractivity contribution in [1.82, 2.24) is 14.5 Å². The van der Waals surface area contributed by atoms with Crippen molar-refractivity contribution in [2.75, 3.05) is 13.6 Å². The van der Waals surface area contributed by atoms with Crippen LogP contribution in [0, 0.1) is 6.92 Å². The fourth-order valence-electron chi connectivity index (χ4n) is 3.17. The average molecular weight is 334 g/mol. The van der Waals surface area contributed by atoms with Crippen LogP contribution in [0.3, 0.4) is 0 Å². The number of hydrogen-bond acceptors (Lipinski definition) is 2. The predicted molar refractivity (Wildman–Crippen MR) is 85.8 cm³/mol. The molecule has 2 aromatic rings. The third-order valence-corrected chi connectivity index (χ3v) is 4.59. The van der Waals surface area contributed by atoms with Crippen LogP contribution < -0.4 is 0 Å². The van der Waals surface area contributed by atoms with Crippen molar-refractivity contribution in [3.63, 3.8) is 0 Å². The molecule has 3 rings (SSSR count). The number of aryl methyl sites for hydroxylation is 1. The molecule has 1 aliphatic rings. The normalized spacial score (nSPS) is 18.1. The Bertz CT molecular complexity index is 658. The van der Waals surface area contributed by atoms with Crippen LogP contribution in [0.25, 0.3) is 11.3 Å². The van der Waals surface area contributed by atoms with Gasteiger partial charge in [0.2, 0.25) is 0 Å². The van der Waals surface area contributed by atoms with Gasteiger partial charge < -0.3 is 4.57 Å². The van der Waals surface area contributed by atoms with Gasteiger partial charge in [-0.2, -0.15) is 0 Å². The molecule has 0 aliphatic carbocycles. The minimum Gasteiger partial charge on any atom is -0.314 e. The fourth-order valence-corrected chi connectivity index (χ4v) is 4.17. The summed E-state index contributed by atoms with van der Waals surface area (Å²) < 4.78 is 3.43. The van der Waals surface area contributed by atoms with Gasteiger partial charge in [-0.1, -0.05) is 23.8 Å². The van der Waals surface area contributed by atoms with Crippen LogP contribution >= 0.6 is 15.9 Å². The largest absolute Gasteiger partial charge is 0.314 e. The highest BCUT2D eigenvalue weighted by molar-refractivity contribution is 9.10. The molecule has 0 amide bonds. The molecule has 1 aromatic carbocycles. The third kappa shape index (κ3) is 2.21. The van der Waals surface area contributed by atoms with E-state index in [-0.39, 0.29) is 5.54 Å². The first-order valence-corrected chi connectivity index (χ1v) is 7.71. The zero-order chi connectivity index (χ0) is 14.5. The monoisotopic (exact) mass is 333 g/mol. The Morgan fingerprint density at radius 2 is 2.05 bits per heavy atom. The summed E-state index contributed by atoms with van der Waals surface area (Å²) in [7, 11) is 2.15. The van der Waals surface area contributed by atoms with Crippen LogP contribution in [-0.4, -0.2) is 28.0 Å². The second-order valence-corrected chi connectivity index (χ2v) is 7.11. The molecule has 1 aliphatic heterocycles. The molecule has 0 radical (unpaired) electrons. The number of rotatable bonds is 1. The van der Waals surface area contributed by atoms with Crippen LogP contribution in [-0.2, 0) is 12.1 Å². The summed E-state index contributed by atoms with van der Waals surface area (Å²) in [4.78, 5) is 7.21. The van der Waals surface area contributed by atoms with Crippen LogP contribution in [0.15, 0.2) is 28.9 Å². The first kappa shape index (κ1) is 13.8. The number of imidazole rings is 1. The molecule has 0 bridgehead atoms. The molecular formula is C16H20BrN3. The predicted octanol–water partition coefficient (Wildman–Crippen LogP) is 3.80. The number of nitrogens with zero attached hydrogens (tertiary/aromatic N) is 3. The van der Waals surface area contributed by atoms with Gasteiger partial charge in [0.25, 0.3) is 0 Å². The molecule has 0 unspecified atom stereocenters. The van der Waals surface area contributed by atoms with Crippen molar-refractivity contribution < 1.29 is 0 Å². The summed E-state index contributed by atoms with van der Waals surface area (Å²) in [6, 6.07) is 8.52. The number of fused-ring (bicyclic) bond motifs is 1. The average Bonchev–Trinajstić information content (AvgIpc) is 2.65. The van der Waals surface area contributed by atoms with Crippen molar-refractivity contribution in [2.24, 2.45) is 0 Å². The van der Waals surface area contributed by atoms with Gasteiger partial charge in [0.05, 0.1) is 12.1 Å². The number of aromatic nitrogens is 2. The first-order chi connectivity index (χ1) is 9.38. The van der Waals surface area contributed by atoms with Gasteiger partial charge >= 0.3 is 0 Å². The Kier molecular flexibility index (Phi) is 3.26. The standard InChI is InChI=1S/C16H20BrN3/c1-11-6-5-7-12(8-11)14-15(17)20-13(18-14)9-19(4)10-16(20,2)3/h5-8H,9-10H2,1-4H3. The zero-order valence-electron chi connectivity index (χ0n) is 12.4. The quantitative estimate of drug-likeness (QED) is 0.791. The maximum atomic E-state index is 4.88. The Morgan fingerprint density at radius 1 is 1.30 bits per heavy atom. The van der Waals surface area contributed by atoms with E-state index in [1.165, 1.54) is 11.1 Å². The van der Waals surface area contributed by atoms with E-state index in [1.54, 1.807) is 0 Å². The molecule has 0 saturated carbocycles. The Hall–Kier alpha value is -1.13. The van der Waals surface area contributed by atoms with Crippen molar-refractivity contribution in [3.05, 3.63) is 40.3 Å². The van der Waals surface area contributed by atoms with E-state index in [9.17, 15) is 0 Å². The van der Waals surface area contributed by atoms with Gasteiger partial charge in [0.1, 0.15) is 16.1 Å². The van der Waals surface area contributed by atoms with Gasteiger partial charge in [0, 0.05) is 12.1 Å². The van der Waals surface area contributed by atoms with Gasteiger partial charge in [-0.05, 0) is 49.8 Å². The Morgan fingerprint density at radius 3 is 2.75 bits per heavy atom. The maximum Gasteiger partial charge on any atom is 0.125 e. The van der Waals surface area contributed by atoms with E-state index in [0.29, 0.717) is 0 Å². The lowest BCUT2D eigenvalue weighted by Gasteiger charge is -2.38. The Balaban J connectivity index is 2.17. The maximum absolute atomic E-state index is 4.88. The molecule has 1 aromatic heterocycles. The molecule has 20 heavy (non-hydrogen) atoms. The van der Waals surface area contributed by atoms with Gasteiger partial charge in [-0.25, -0.2) is 4.98 Å². The lowest BCUT2D eigenvalue weighted by atomic mass is 10.0. The van der Waals surface area contributed by atoms with Crippen LogP contribution in [0.5, 0.6) is 0 Å². The van der Waals surface area contributed by atoms with Crippen molar-refractivity contribution in [3.8, 4) is 11.3 Å². The minimum absolute atomic E-state index is 0.0518. The lowest BCUT2D eigenvalue weighted by Crippen LogP contribution is -2.45. The lowest BCUT2D eigenvalue weighted by molar-refractivity contribution is 0.155. The molecule has 4 heteroatoms. The van der Waals surface area contributed by atoms with Crippen molar-refractivity contribution >= 4 is 15.9 Å². The van der Waals surface area contributed by atoms with E-state index >= 15 is 0 Å². The second kappa shape index (κ2) is 4.71. The van der Waals surface area contributed by atoms with E-state index in [1.807, 2.05) is 0 Å². The van der Waals surface area contributed by atoms with Gasteiger partial charge in [0.15, 0.2) is 0 Å². The number of likely N-dealkylation sites (N-methyl/N-ethyl adjacent to an activating group) is 1. The molecule has 0 fully saturated rings. The molecule has 0 N–H and O–H groups in total. The molecule has 0 atom stereocenters. The highest BCUT2D eigenvalue weighted by Gasteiger charge is 2.33. The number of benzene rings is 1. The number of hydrogen-bond donors (Lipinski definition) is 0. The van der Waals surface area contributed by atoms with E-state index in [0.717, 1.165) is 29.2 Å². The van der Waals surface area contributed by atoms with Crippen molar-refractivity contribution in [1.29, 1.82) is 0 Å². The summed E-state index contributed by atoms with van der Waals surface area (Å²) in [5.41, 5.74) is 3.54. The van der Waals surface area contributed by atoms with Crippen LogP contribution in [0.4, 0.5) is 0 Å². The summed E-state index contributed by atoms with van der Waals surface area (Å²) in [6.07, 6.45) is 0. The summed E-state index contributed by atoms with van der Waals surface area (Å²) in [5, 5.41) is 0. The summed E-state index contributed by atoms with van der Waals surface area (Å²) in [5.74, 6) is 1.13. The van der Waals surface area contributed by atoms with Crippen molar-refractivity contribution in [2.45, 2.75) is 32.9 Å². The minimum atomic E-state index is 0.0518. The zero-order valence-corrected chi connectivity index (χ0v) is 14.0. The highest BCUT2D eigenvalue weighted by atomic mass is 79.9. The summed E-state index contributed by atoms with van der Waals surface area (Å²) in [6.45, 7) is 8.57. The molecule has 3 nitrogen and oxygen atoms in total. The summed E-state index contributed by atoms with van der Waals surface area (Å²) >= 11 is 3.78. The smallest absolute Gasteiger partial charge is 0.125 e. The molecule has 2 heterocycles. The highest BCUT2D eigenvalue weighted by Crippen LogP contribution is 2.36. The molecule has 106 valence electrons. The molecular weight excluding hydrogens is 314 g/mol. The third-order valence-electron chi connectivity index (χ3n) is 3.86. The fraction of sp³-hybridized carbons (Fsp3) is 0.438.